The molecule has 0 amide bonds. The van der Waals surface area contributed by atoms with Crippen molar-refractivity contribution in [1.29, 1.82) is 10.5 Å². The van der Waals surface area contributed by atoms with Crippen LogP contribution in [0.4, 0.5) is 0 Å². The second kappa shape index (κ2) is 7.55. The minimum atomic E-state index is -0.314. The number of benzene rings is 2. The van der Waals surface area contributed by atoms with Crippen molar-refractivity contribution in [1.82, 2.24) is 4.90 Å². The predicted molar refractivity (Wildman–Crippen MR) is 100 cm³/mol. The van der Waals surface area contributed by atoms with Crippen molar-refractivity contribution in [3.8, 4) is 35.1 Å². The summed E-state index contributed by atoms with van der Waals surface area (Å²) in [6, 6.07) is 12.1. The van der Waals surface area contributed by atoms with Crippen LogP contribution in [-0.4, -0.2) is 35.7 Å². The Morgan fingerprint density at radius 1 is 1.10 bits per heavy atom. The van der Waals surface area contributed by atoms with Gasteiger partial charge in [-0.2, -0.15) is 10.5 Å². The fourth-order valence-electron chi connectivity index (χ4n) is 3.20. The summed E-state index contributed by atoms with van der Waals surface area (Å²) in [7, 11) is 0. The number of nitrogens with zero attached hydrogens (tertiary/aromatic N) is 3. The van der Waals surface area contributed by atoms with E-state index in [2.05, 4.69) is 0 Å². The van der Waals surface area contributed by atoms with E-state index in [1.807, 2.05) is 12.1 Å². The molecule has 0 saturated heterocycles. The Morgan fingerprint density at radius 2 is 1.86 bits per heavy atom. The number of Topliss-reactive ketones (excluding diaryl/α,β-unsaturated/α-hetero) is 1. The summed E-state index contributed by atoms with van der Waals surface area (Å²) in [5, 5.41) is 28.2. The lowest BCUT2D eigenvalue weighted by Gasteiger charge is -2.17. The highest BCUT2D eigenvalue weighted by Crippen LogP contribution is 2.40. The van der Waals surface area contributed by atoms with Crippen LogP contribution in [0.5, 0.6) is 23.0 Å². The van der Waals surface area contributed by atoms with Gasteiger partial charge in [-0.1, -0.05) is 6.07 Å². The summed E-state index contributed by atoms with van der Waals surface area (Å²) in [4.78, 5) is 14.3. The van der Waals surface area contributed by atoms with Crippen molar-refractivity contribution in [2.24, 2.45) is 0 Å². The Balaban J connectivity index is 1.66. The third kappa shape index (κ3) is 3.45. The first kappa shape index (κ1) is 18.4. The molecule has 2 aliphatic heterocycles. The van der Waals surface area contributed by atoms with Gasteiger partial charge in [0.25, 0.3) is 0 Å². The maximum atomic E-state index is 12.8. The minimum absolute atomic E-state index is 0.00447. The van der Waals surface area contributed by atoms with Gasteiger partial charge in [-0.25, -0.2) is 0 Å². The predicted octanol–water partition coefficient (Wildman–Crippen LogP) is 2.59. The monoisotopic (exact) mass is 389 g/mol. The van der Waals surface area contributed by atoms with Gasteiger partial charge in [0.15, 0.2) is 17.3 Å². The van der Waals surface area contributed by atoms with E-state index in [0.717, 1.165) is 0 Å². The number of phenolic OH excluding ortho intramolecular Hbond substituents is 1. The maximum Gasteiger partial charge on any atom is 0.231 e. The molecule has 2 aliphatic rings. The first-order valence-corrected chi connectivity index (χ1v) is 8.75. The zero-order valence-electron chi connectivity index (χ0n) is 15.2. The van der Waals surface area contributed by atoms with Gasteiger partial charge in [-0.3, -0.25) is 9.69 Å². The van der Waals surface area contributed by atoms with Crippen LogP contribution in [0.25, 0.3) is 6.08 Å². The quantitative estimate of drug-likeness (QED) is 0.613. The normalized spacial score (nSPS) is 15.1. The van der Waals surface area contributed by atoms with Crippen LogP contribution in [0.15, 0.2) is 36.1 Å². The zero-order valence-corrected chi connectivity index (χ0v) is 15.2. The SMILES string of the molecule is N#CCN(CC#N)Cc1c(O)ccc2c1O/C(=C\c1ccc3c(c1)OCO3)C2=O. The van der Waals surface area contributed by atoms with Crippen LogP contribution < -0.4 is 14.2 Å². The molecule has 0 fully saturated rings. The number of aromatic hydroxyl groups is 1. The standard InChI is InChI=1S/C21H15N3O5/c22-5-7-24(8-6-23)11-15-16(25)3-2-14-20(26)19(29-21(14)15)10-13-1-4-17-18(9-13)28-12-27-17/h1-4,9-10,25H,7-8,11-12H2/b19-10-. The molecule has 0 aromatic heterocycles. The molecule has 4 rings (SSSR count). The van der Waals surface area contributed by atoms with Crippen LogP contribution in [-0.2, 0) is 6.54 Å². The van der Waals surface area contributed by atoms with Crippen molar-refractivity contribution in [3.05, 3.63) is 52.8 Å². The molecule has 8 nitrogen and oxygen atoms in total. The number of hydrogen-bond donors (Lipinski definition) is 1. The van der Waals surface area contributed by atoms with E-state index in [1.165, 1.54) is 12.1 Å². The van der Waals surface area contributed by atoms with Crippen molar-refractivity contribution in [2.45, 2.75) is 6.54 Å². The highest BCUT2D eigenvalue weighted by Gasteiger charge is 2.31. The number of carbonyl (C=O) groups excluding carboxylic acids is 1. The third-order valence-electron chi connectivity index (χ3n) is 4.58. The molecule has 8 heteroatoms. The molecule has 29 heavy (non-hydrogen) atoms. The topological polar surface area (TPSA) is 116 Å². The first-order chi connectivity index (χ1) is 14.1. The minimum Gasteiger partial charge on any atom is -0.507 e. The molecule has 0 unspecified atom stereocenters. The Kier molecular flexibility index (Phi) is 4.78. The zero-order chi connectivity index (χ0) is 20.4. The van der Waals surface area contributed by atoms with Crippen LogP contribution >= 0.6 is 0 Å². The summed E-state index contributed by atoms with van der Waals surface area (Å²) >= 11 is 0. The molecule has 0 atom stereocenters. The lowest BCUT2D eigenvalue weighted by Crippen LogP contribution is -2.24. The summed E-state index contributed by atoms with van der Waals surface area (Å²) in [6.07, 6.45) is 1.59. The number of ketones is 1. The van der Waals surface area contributed by atoms with Crippen molar-refractivity contribution in [2.75, 3.05) is 19.9 Å². The van der Waals surface area contributed by atoms with Gasteiger partial charge < -0.3 is 19.3 Å². The molecular weight excluding hydrogens is 374 g/mol. The van der Waals surface area contributed by atoms with Crippen molar-refractivity contribution < 1.29 is 24.1 Å². The highest BCUT2D eigenvalue weighted by atomic mass is 16.7. The van der Waals surface area contributed by atoms with E-state index in [1.54, 1.807) is 29.2 Å². The largest absolute Gasteiger partial charge is 0.507 e. The average Bonchev–Trinajstić information content (AvgIpc) is 3.29. The summed E-state index contributed by atoms with van der Waals surface area (Å²) in [5.41, 5.74) is 1.38. The number of allylic oxidation sites excluding steroid dienone is 1. The second-order valence-corrected chi connectivity index (χ2v) is 6.45. The van der Waals surface area contributed by atoms with Crippen LogP contribution in [0.2, 0.25) is 0 Å². The lowest BCUT2D eigenvalue weighted by atomic mass is 10.0. The molecule has 2 aromatic rings. The van der Waals surface area contributed by atoms with Crippen molar-refractivity contribution >= 4 is 11.9 Å². The van der Waals surface area contributed by atoms with E-state index >= 15 is 0 Å². The average molecular weight is 389 g/mol. The van der Waals surface area contributed by atoms with Crippen LogP contribution in [0.1, 0.15) is 21.5 Å². The summed E-state index contributed by atoms with van der Waals surface area (Å²) < 4.78 is 16.4. The van der Waals surface area contributed by atoms with Gasteiger partial charge in [0.1, 0.15) is 11.5 Å². The Labute approximate surface area is 166 Å². The number of rotatable bonds is 5. The highest BCUT2D eigenvalue weighted by molar-refractivity contribution is 6.15. The molecular formula is C21H15N3O5. The number of hydrogen-bond acceptors (Lipinski definition) is 8. The Morgan fingerprint density at radius 3 is 2.62 bits per heavy atom. The molecule has 0 aliphatic carbocycles. The Hall–Kier alpha value is -4.01. The van der Waals surface area contributed by atoms with Gasteiger partial charge in [-0.05, 0) is 35.9 Å². The number of nitriles is 2. The lowest BCUT2D eigenvalue weighted by molar-refractivity contribution is 0.101. The smallest absolute Gasteiger partial charge is 0.231 e. The van der Waals surface area contributed by atoms with Gasteiger partial charge in [0.05, 0.1) is 36.4 Å². The van der Waals surface area contributed by atoms with E-state index < -0.39 is 0 Å². The van der Waals surface area contributed by atoms with Gasteiger partial charge in [-0.15, -0.1) is 0 Å². The fraction of sp³-hybridized carbons (Fsp3) is 0.190. The first-order valence-electron chi connectivity index (χ1n) is 8.75. The molecule has 1 N–H and O–H groups in total. The van der Waals surface area contributed by atoms with E-state index in [0.29, 0.717) is 28.2 Å². The van der Waals surface area contributed by atoms with E-state index in [-0.39, 0.29) is 49.5 Å². The van der Waals surface area contributed by atoms with Gasteiger partial charge in [0, 0.05) is 6.54 Å². The molecule has 0 spiro atoms. The fourth-order valence-corrected chi connectivity index (χ4v) is 3.20. The summed E-state index contributed by atoms with van der Waals surface area (Å²) in [5.74, 6) is 1.19. The Bertz CT molecular complexity index is 1090. The molecule has 2 aromatic carbocycles. The number of phenols is 1. The van der Waals surface area contributed by atoms with E-state index in [9.17, 15) is 9.90 Å². The van der Waals surface area contributed by atoms with Crippen molar-refractivity contribution in [3.63, 3.8) is 0 Å². The number of carbonyl (C=O) groups is 1. The molecule has 2 heterocycles. The maximum absolute atomic E-state index is 12.8. The van der Waals surface area contributed by atoms with Gasteiger partial charge >= 0.3 is 0 Å². The molecule has 144 valence electrons. The van der Waals surface area contributed by atoms with E-state index in [4.69, 9.17) is 24.7 Å². The van der Waals surface area contributed by atoms with Crippen LogP contribution in [0, 0.1) is 22.7 Å². The number of ether oxygens (including phenoxy) is 3. The molecule has 0 saturated carbocycles. The number of fused-ring (bicyclic) bond motifs is 2. The van der Waals surface area contributed by atoms with Crippen LogP contribution in [0.3, 0.4) is 0 Å². The third-order valence-corrected chi connectivity index (χ3v) is 4.58. The van der Waals surface area contributed by atoms with Gasteiger partial charge in [0.2, 0.25) is 12.6 Å². The molecule has 0 radical (unpaired) electrons. The second-order valence-electron chi connectivity index (χ2n) is 6.45. The summed E-state index contributed by atoms with van der Waals surface area (Å²) in [6.45, 7) is 0.260. The molecule has 0 bridgehead atoms.